The van der Waals surface area contributed by atoms with Crippen LogP contribution in [0.25, 0.3) is 0 Å². The highest BCUT2D eigenvalue weighted by Crippen LogP contribution is 2.27. The molecular formula is C21H23FN6O2. The summed E-state index contributed by atoms with van der Waals surface area (Å²) in [5.74, 6) is 0.443. The van der Waals surface area contributed by atoms with Gasteiger partial charge in [-0.05, 0) is 16.3 Å². The highest BCUT2D eigenvalue weighted by molar-refractivity contribution is 5.67. The molecule has 1 aromatic heterocycles. The molecule has 0 bridgehead atoms. The van der Waals surface area contributed by atoms with Crippen LogP contribution in [0.3, 0.4) is 0 Å². The summed E-state index contributed by atoms with van der Waals surface area (Å²) in [4.78, 5) is 17.2. The van der Waals surface area contributed by atoms with Crippen molar-refractivity contribution in [3.63, 3.8) is 0 Å². The standard InChI is InChI=1S/C21H23FN6O2/c22-16-28-24-20(23-25-28)19(18-9-5-2-6-10-18)26-11-13-27(14-12-26)21(29)30-15-17-7-3-1-4-8-17/h1-10,19H,11-16H2. The molecule has 4 rings (SSSR count). The van der Waals surface area contributed by atoms with Gasteiger partial charge in [-0.2, -0.15) is 0 Å². The quantitative estimate of drug-likeness (QED) is 0.622. The Morgan fingerprint density at radius 3 is 2.30 bits per heavy atom. The third kappa shape index (κ3) is 4.62. The summed E-state index contributed by atoms with van der Waals surface area (Å²) in [5, 5.41) is 12.0. The van der Waals surface area contributed by atoms with Crippen LogP contribution in [0.4, 0.5) is 9.18 Å². The fourth-order valence-corrected chi connectivity index (χ4v) is 3.55. The van der Waals surface area contributed by atoms with E-state index in [0.717, 1.165) is 15.9 Å². The first kappa shape index (κ1) is 20.0. The topological polar surface area (TPSA) is 76.4 Å². The second-order valence-electron chi connectivity index (χ2n) is 7.02. The summed E-state index contributed by atoms with van der Waals surface area (Å²) in [6.07, 6.45) is -0.323. The molecule has 8 nitrogen and oxygen atoms in total. The van der Waals surface area contributed by atoms with Gasteiger partial charge < -0.3 is 9.64 Å². The Hall–Kier alpha value is -3.33. The molecule has 156 valence electrons. The Bertz CT molecular complexity index is 944. The molecule has 1 aliphatic rings. The fraction of sp³-hybridized carbons (Fsp3) is 0.333. The molecule has 1 amide bonds. The van der Waals surface area contributed by atoms with Gasteiger partial charge in [-0.15, -0.1) is 15.0 Å². The lowest BCUT2D eigenvalue weighted by Crippen LogP contribution is -2.50. The van der Waals surface area contributed by atoms with E-state index in [4.69, 9.17) is 4.74 Å². The molecule has 30 heavy (non-hydrogen) atoms. The number of alkyl halides is 1. The monoisotopic (exact) mass is 410 g/mol. The molecule has 2 aromatic carbocycles. The number of benzene rings is 2. The number of piperazine rings is 1. The van der Waals surface area contributed by atoms with Crippen LogP contribution in [0, 0.1) is 0 Å². The molecule has 9 heteroatoms. The second kappa shape index (κ2) is 9.45. The van der Waals surface area contributed by atoms with Crippen LogP contribution in [0.1, 0.15) is 23.0 Å². The van der Waals surface area contributed by atoms with Crippen LogP contribution in [0.5, 0.6) is 0 Å². The number of amides is 1. The third-order valence-corrected chi connectivity index (χ3v) is 5.08. The van der Waals surface area contributed by atoms with Crippen molar-refractivity contribution < 1.29 is 13.9 Å². The smallest absolute Gasteiger partial charge is 0.410 e. The van der Waals surface area contributed by atoms with Crippen molar-refractivity contribution in [1.29, 1.82) is 0 Å². The van der Waals surface area contributed by atoms with Gasteiger partial charge in [0.15, 0.2) is 5.82 Å². The summed E-state index contributed by atoms with van der Waals surface area (Å²) >= 11 is 0. The van der Waals surface area contributed by atoms with Crippen molar-refractivity contribution >= 4 is 6.09 Å². The highest BCUT2D eigenvalue weighted by atomic mass is 19.1. The maximum Gasteiger partial charge on any atom is 0.410 e. The van der Waals surface area contributed by atoms with Crippen molar-refractivity contribution in [1.82, 2.24) is 30.0 Å². The van der Waals surface area contributed by atoms with Crippen LogP contribution in [-0.4, -0.2) is 62.3 Å². The zero-order chi connectivity index (χ0) is 20.8. The summed E-state index contributed by atoms with van der Waals surface area (Å²) in [6, 6.07) is 19.1. The normalized spacial score (nSPS) is 15.7. The highest BCUT2D eigenvalue weighted by Gasteiger charge is 2.31. The molecule has 0 radical (unpaired) electrons. The predicted molar refractivity (Wildman–Crippen MR) is 107 cm³/mol. The minimum atomic E-state index is -0.824. The lowest BCUT2D eigenvalue weighted by molar-refractivity contribution is 0.0635. The van der Waals surface area contributed by atoms with Crippen molar-refractivity contribution in [2.75, 3.05) is 26.2 Å². The van der Waals surface area contributed by atoms with E-state index >= 15 is 0 Å². The number of halogens is 1. The van der Waals surface area contributed by atoms with Crippen LogP contribution >= 0.6 is 0 Å². The van der Waals surface area contributed by atoms with Crippen LogP contribution in [-0.2, 0) is 18.1 Å². The van der Waals surface area contributed by atoms with Crippen LogP contribution in [0.2, 0.25) is 0 Å². The number of hydrogen-bond acceptors (Lipinski definition) is 6. The number of aromatic nitrogens is 4. The van der Waals surface area contributed by atoms with Crippen molar-refractivity contribution in [3.05, 3.63) is 77.6 Å². The van der Waals surface area contributed by atoms with Crippen molar-refractivity contribution in [3.8, 4) is 0 Å². The van der Waals surface area contributed by atoms with Gasteiger partial charge in [0.25, 0.3) is 0 Å². The Labute approximate surface area is 173 Å². The lowest BCUT2D eigenvalue weighted by atomic mass is 10.0. The number of ether oxygens (including phenoxy) is 1. The van der Waals surface area contributed by atoms with E-state index in [2.05, 4.69) is 20.3 Å². The summed E-state index contributed by atoms with van der Waals surface area (Å²) in [5.41, 5.74) is 1.95. The number of hydrogen-bond donors (Lipinski definition) is 0. The number of tetrazole rings is 1. The van der Waals surface area contributed by atoms with E-state index < -0.39 is 6.80 Å². The predicted octanol–water partition coefficient (Wildman–Crippen LogP) is 2.64. The van der Waals surface area contributed by atoms with Gasteiger partial charge in [-0.3, -0.25) is 4.90 Å². The molecule has 1 atom stereocenters. The van der Waals surface area contributed by atoms with Crippen LogP contribution in [0.15, 0.2) is 60.7 Å². The maximum atomic E-state index is 12.9. The maximum absolute atomic E-state index is 12.9. The molecular weight excluding hydrogens is 387 g/mol. The molecule has 0 N–H and O–H groups in total. The Morgan fingerprint density at radius 2 is 1.67 bits per heavy atom. The lowest BCUT2D eigenvalue weighted by Gasteiger charge is -2.37. The number of rotatable bonds is 6. The Kier molecular flexibility index (Phi) is 6.29. The van der Waals surface area contributed by atoms with E-state index in [9.17, 15) is 9.18 Å². The molecule has 1 fully saturated rings. The van der Waals surface area contributed by atoms with Gasteiger partial charge in [0.2, 0.25) is 6.80 Å². The van der Waals surface area contributed by atoms with Gasteiger partial charge >= 0.3 is 6.09 Å². The molecule has 0 aliphatic carbocycles. The van der Waals surface area contributed by atoms with E-state index in [1.54, 1.807) is 4.90 Å². The molecule has 1 unspecified atom stereocenters. The zero-order valence-electron chi connectivity index (χ0n) is 16.5. The average molecular weight is 410 g/mol. The van der Waals surface area contributed by atoms with Crippen molar-refractivity contribution in [2.45, 2.75) is 19.4 Å². The average Bonchev–Trinajstić information content (AvgIpc) is 3.28. The van der Waals surface area contributed by atoms with E-state index in [0.29, 0.717) is 32.0 Å². The van der Waals surface area contributed by atoms with E-state index in [-0.39, 0.29) is 18.7 Å². The molecule has 0 saturated carbocycles. The van der Waals surface area contributed by atoms with Gasteiger partial charge in [0.05, 0.1) is 6.04 Å². The Balaban J connectivity index is 1.40. The summed E-state index contributed by atoms with van der Waals surface area (Å²) in [7, 11) is 0. The zero-order valence-corrected chi connectivity index (χ0v) is 16.5. The fourth-order valence-electron chi connectivity index (χ4n) is 3.55. The molecule has 1 saturated heterocycles. The molecule has 2 heterocycles. The second-order valence-corrected chi connectivity index (χ2v) is 7.02. The summed E-state index contributed by atoms with van der Waals surface area (Å²) in [6.45, 7) is 1.70. The minimum Gasteiger partial charge on any atom is -0.445 e. The van der Waals surface area contributed by atoms with Crippen LogP contribution < -0.4 is 0 Å². The summed E-state index contributed by atoms with van der Waals surface area (Å²) < 4.78 is 18.3. The number of carbonyl (C=O) groups excluding carboxylic acids is 1. The van der Waals surface area contributed by atoms with E-state index in [1.165, 1.54) is 0 Å². The SMILES string of the molecule is O=C(OCc1ccccc1)N1CCN(C(c2ccccc2)c2nnn(CF)n2)CC1. The molecule has 0 spiro atoms. The van der Waals surface area contributed by atoms with E-state index in [1.807, 2.05) is 60.7 Å². The Morgan fingerprint density at radius 1 is 1.00 bits per heavy atom. The number of carbonyl (C=O) groups is 1. The first-order valence-electron chi connectivity index (χ1n) is 9.83. The van der Waals surface area contributed by atoms with Gasteiger partial charge in [0.1, 0.15) is 6.61 Å². The van der Waals surface area contributed by atoms with Gasteiger partial charge in [0, 0.05) is 26.2 Å². The minimum absolute atomic E-state index is 0.253. The molecule has 3 aromatic rings. The number of nitrogens with zero attached hydrogens (tertiary/aromatic N) is 6. The molecule has 1 aliphatic heterocycles. The van der Waals surface area contributed by atoms with Crippen molar-refractivity contribution in [2.24, 2.45) is 0 Å². The first-order chi connectivity index (χ1) is 14.7. The largest absolute Gasteiger partial charge is 0.445 e. The van der Waals surface area contributed by atoms with Gasteiger partial charge in [-0.1, -0.05) is 60.7 Å². The third-order valence-electron chi connectivity index (χ3n) is 5.08. The first-order valence-corrected chi connectivity index (χ1v) is 9.83. The van der Waals surface area contributed by atoms with Gasteiger partial charge in [-0.25, -0.2) is 9.18 Å².